The van der Waals surface area contributed by atoms with Crippen LogP contribution in [0.5, 0.6) is 0 Å². The molecule has 17 heavy (non-hydrogen) atoms. The Bertz CT molecular complexity index is 521. The largest absolute Gasteiger partial charge is 0.324 e. The van der Waals surface area contributed by atoms with Gasteiger partial charge in [0, 0.05) is 37.0 Å². The molecule has 90 valence electrons. The lowest BCUT2D eigenvalue weighted by Crippen LogP contribution is -2.16. The summed E-state index contributed by atoms with van der Waals surface area (Å²) in [7, 11) is 1.86. The van der Waals surface area contributed by atoms with Gasteiger partial charge in [0.25, 0.3) is 0 Å². The van der Waals surface area contributed by atoms with E-state index in [4.69, 9.17) is 5.73 Å². The molecule has 1 atom stereocenters. The fourth-order valence-electron chi connectivity index (χ4n) is 1.88. The maximum absolute atomic E-state index is 13.5. The van der Waals surface area contributed by atoms with Crippen molar-refractivity contribution in [1.82, 2.24) is 14.8 Å². The third-order valence-corrected chi connectivity index (χ3v) is 2.73. The summed E-state index contributed by atoms with van der Waals surface area (Å²) < 4.78 is 15.3. The minimum atomic E-state index is -0.382. The molecule has 0 amide bonds. The number of nitrogens with two attached hydrogens (primary N) is 1. The third kappa shape index (κ3) is 2.50. The number of hydrogen-bond donors (Lipinski definition) is 1. The van der Waals surface area contributed by atoms with Gasteiger partial charge in [-0.25, -0.2) is 4.39 Å². The highest BCUT2D eigenvalue weighted by atomic mass is 19.1. The Labute approximate surface area is 99.3 Å². The standard InChI is InChI=1S/C12H15FN4/c1-8-5-9(17(2)16-8)6-12(14)10-3-4-15-7-11(10)13/h3-5,7,12H,6,14H2,1-2H3. The molecule has 4 nitrogen and oxygen atoms in total. The van der Waals surface area contributed by atoms with Gasteiger partial charge in [-0.05, 0) is 19.1 Å². The zero-order valence-corrected chi connectivity index (χ0v) is 9.89. The minimum Gasteiger partial charge on any atom is -0.324 e. The Hall–Kier alpha value is -1.75. The van der Waals surface area contributed by atoms with Crippen LogP contribution in [0.1, 0.15) is 23.0 Å². The van der Waals surface area contributed by atoms with E-state index in [1.165, 1.54) is 6.20 Å². The second kappa shape index (κ2) is 4.63. The van der Waals surface area contributed by atoms with Crippen molar-refractivity contribution in [1.29, 1.82) is 0 Å². The molecule has 2 aromatic heterocycles. The van der Waals surface area contributed by atoms with E-state index in [1.54, 1.807) is 16.9 Å². The number of nitrogens with zero attached hydrogens (tertiary/aromatic N) is 3. The topological polar surface area (TPSA) is 56.7 Å². The van der Waals surface area contributed by atoms with E-state index in [1.807, 2.05) is 20.0 Å². The number of halogens is 1. The molecule has 0 aliphatic heterocycles. The SMILES string of the molecule is Cc1cc(CC(N)c2ccncc2F)n(C)n1. The quantitative estimate of drug-likeness (QED) is 0.875. The van der Waals surface area contributed by atoms with Gasteiger partial charge in [0.05, 0.1) is 11.9 Å². The highest BCUT2D eigenvalue weighted by Gasteiger charge is 2.14. The first-order valence-electron chi connectivity index (χ1n) is 5.42. The maximum Gasteiger partial charge on any atom is 0.146 e. The molecule has 0 aliphatic rings. The van der Waals surface area contributed by atoms with Crippen LogP contribution in [-0.4, -0.2) is 14.8 Å². The van der Waals surface area contributed by atoms with Gasteiger partial charge in [0.1, 0.15) is 5.82 Å². The van der Waals surface area contributed by atoms with E-state index < -0.39 is 0 Å². The van der Waals surface area contributed by atoms with Gasteiger partial charge in [-0.2, -0.15) is 5.10 Å². The van der Waals surface area contributed by atoms with Crippen molar-refractivity contribution in [3.8, 4) is 0 Å². The fraction of sp³-hybridized carbons (Fsp3) is 0.333. The van der Waals surface area contributed by atoms with Crippen molar-refractivity contribution in [2.24, 2.45) is 12.8 Å². The predicted octanol–water partition coefficient (Wildman–Crippen LogP) is 1.51. The number of rotatable bonds is 3. The smallest absolute Gasteiger partial charge is 0.146 e. The average molecular weight is 234 g/mol. The molecule has 0 radical (unpaired) electrons. The van der Waals surface area contributed by atoms with Gasteiger partial charge in [0.15, 0.2) is 0 Å². The van der Waals surface area contributed by atoms with Crippen LogP contribution in [0.2, 0.25) is 0 Å². The summed E-state index contributed by atoms with van der Waals surface area (Å²) >= 11 is 0. The molecule has 5 heteroatoms. The molecule has 0 saturated carbocycles. The van der Waals surface area contributed by atoms with Gasteiger partial charge in [0.2, 0.25) is 0 Å². The molecule has 0 aromatic carbocycles. The number of hydrogen-bond acceptors (Lipinski definition) is 3. The van der Waals surface area contributed by atoms with Crippen LogP contribution in [0, 0.1) is 12.7 Å². The summed E-state index contributed by atoms with van der Waals surface area (Å²) in [6.45, 7) is 1.92. The Kier molecular flexibility index (Phi) is 3.19. The first-order valence-corrected chi connectivity index (χ1v) is 5.42. The number of aryl methyl sites for hydroxylation is 2. The van der Waals surface area contributed by atoms with Gasteiger partial charge < -0.3 is 5.73 Å². The predicted molar refractivity (Wildman–Crippen MR) is 62.8 cm³/mol. The lowest BCUT2D eigenvalue weighted by molar-refractivity contribution is 0.564. The maximum atomic E-state index is 13.5. The molecule has 2 aromatic rings. The highest BCUT2D eigenvalue weighted by molar-refractivity contribution is 5.20. The summed E-state index contributed by atoms with van der Waals surface area (Å²) in [5.74, 6) is -0.362. The fourth-order valence-corrected chi connectivity index (χ4v) is 1.88. The van der Waals surface area contributed by atoms with Crippen LogP contribution in [0.25, 0.3) is 0 Å². The molecule has 0 bridgehead atoms. The Morgan fingerprint density at radius 3 is 2.88 bits per heavy atom. The molecule has 1 unspecified atom stereocenters. The Morgan fingerprint density at radius 2 is 2.29 bits per heavy atom. The van der Waals surface area contributed by atoms with Crippen LogP contribution < -0.4 is 5.73 Å². The van der Waals surface area contributed by atoms with Crippen LogP contribution >= 0.6 is 0 Å². The highest BCUT2D eigenvalue weighted by Crippen LogP contribution is 2.18. The molecular formula is C12H15FN4. The molecular weight excluding hydrogens is 219 g/mol. The first kappa shape index (κ1) is 11.7. The van der Waals surface area contributed by atoms with Gasteiger partial charge in [-0.1, -0.05) is 0 Å². The van der Waals surface area contributed by atoms with Gasteiger partial charge in [-0.3, -0.25) is 9.67 Å². The van der Waals surface area contributed by atoms with Crippen LogP contribution in [0.3, 0.4) is 0 Å². The summed E-state index contributed by atoms with van der Waals surface area (Å²) in [6, 6.07) is 3.19. The minimum absolute atomic E-state index is 0.362. The number of pyridine rings is 1. The lowest BCUT2D eigenvalue weighted by Gasteiger charge is -2.12. The molecule has 2 N–H and O–H groups in total. The van der Waals surface area contributed by atoms with Crippen LogP contribution in [0.4, 0.5) is 4.39 Å². The second-order valence-electron chi connectivity index (χ2n) is 4.11. The van der Waals surface area contributed by atoms with Crippen molar-refractivity contribution in [3.63, 3.8) is 0 Å². The van der Waals surface area contributed by atoms with Gasteiger partial charge in [-0.15, -0.1) is 0 Å². The Balaban J connectivity index is 2.20. The van der Waals surface area contributed by atoms with E-state index in [2.05, 4.69) is 10.1 Å². The lowest BCUT2D eigenvalue weighted by atomic mass is 10.0. The van der Waals surface area contributed by atoms with E-state index in [-0.39, 0.29) is 11.9 Å². The summed E-state index contributed by atoms with van der Waals surface area (Å²) in [6.07, 6.45) is 3.29. The van der Waals surface area contributed by atoms with Crippen molar-refractivity contribution in [2.45, 2.75) is 19.4 Å². The van der Waals surface area contributed by atoms with Crippen molar-refractivity contribution in [2.75, 3.05) is 0 Å². The van der Waals surface area contributed by atoms with Crippen molar-refractivity contribution >= 4 is 0 Å². The zero-order chi connectivity index (χ0) is 12.4. The molecule has 0 saturated heterocycles. The first-order chi connectivity index (χ1) is 8.08. The van der Waals surface area contributed by atoms with E-state index in [0.29, 0.717) is 12.0 Å². The third-order valence-electron chi connectivity index (χ3n) is 2.73. The summed E-state index contributed by atoms with van der Waals surface area (Å²) in [5, 5.41) is 4.24. The molecule has 0 aliphatic carbocycles. The van der Waals surface area contributed by atoms with E-state index >= 15 is 0 Å². The molecule has 2 rings (SSSR count). The Morgan fingerprint density at radius 1 is 1.53 bits per heavy atom. The van der Waals surface area contributed by atoms with Crippen molar-refractivity contribution < 1.29 is 4.39 Å². The average Bonchev–Trinajstić information content (AvgIpc) is 2.58. The van der Waals surface area contributed by atoms with Gasteiger partial charge >= 0.3 is 0 Å². The molecule has 2 heterocycles. The number of aromatic nitrogens is 3. The zero-order valence-electron chi connectivity index (χ0n) is 9.89. The second-order valence-corrected chi connectivity index (χ2v) is 4.11. The monoisotopic (exact) mass is 234 g/mol. The summed E-state index contributed by atoms with van der Waals surface area (Å²) in [4.78, 5) is 3.71. The normalized spacial score (nSPS) is 12.7. The van der Waals surface area contributed by atoms with Crippen LogP contribution in [0.15, 0.2) is 24.5 Å². The molecule has 0 fully saturated rings. The van der Waals surface area contributed by atoms with E-state index in [9.17, 15) is 4.39 Å². The van der Waals surface area contributed by atoms with Crippen molar-refractivity contribution in [3.05, 3.63) is 47.3 Å². The molecule has 0 spiro atoms. The van der Waals surface area contributed by atoms with Crippen LogP contribution in [-0.2, 0) is 13.5 Å². The summed E-state index contributed by atoms with van der Waals surface area (Å²) in [5.41, 5.74) is 8.41. The van der Waals surface area contributed by atoms with E-state index in [0.717, 1.165) is 11.4 Å².